The molecular weight excluding hydrogens is 396 g/mol. The van der Waals surface area contributed by atoms with Crippen LogP contribution in [0.5, 0.6) is 0 Å². The van der Waals surface area contributed by atoms with Gasteiger partial charge >= 0.3 is 0 Å². The molecular formula is C23H18N4O2S. The normalized spacial score (nSPS) is 10.7. The number of pyridine rings is 1. The van der Waals surface area contributed by atoms with Crippen LogP contribution < -0.4 is 10.6 Å². The molecule has 2 N–H and O–H groups in total. The molecule has 0 spiro atoms. The van der Waals surface area contributed by atoms with Crippen LogP contribution in [0.3, 0.4) is 0 Å². The fraction of sp³-hybridized carbons (Fsp3) is 0.0435. The molecule has 7 heteroatoms. The summed E-state index contributed by atoms with van der Waals surface area (Å²) in [4.78, 5) is 30.4. The lowest BCUT2D eigenvalue weighted by molar-refractivity contribution is -0.113. The van der Waals surface area contributed by atoms with Crippen LogP contribution in [0.25, 0.3) is 6.08 Å². The van der Waals surface area contributed by atoms with E-state index in [4.69, 9.17) is 5.26 Å². The summed E-state index contributed by atoms with van der Waals surface area (Å²) in [5.74, 6) is -0.541. The number of nitrogens with zero attached hydrogens (tertiary/aromatic N) is 2. The van der Waals surface area contributed by atoms with E-state index in [2.05, 4.69) is 21.7 Å². The molecule has 3 aromatic rings. The minimum Gasteiger partial charge on any atom is -0.321 e. The topological polar surface area (TPSA) is 94.9 Å². The molecule has 1 heterocycles. The second-order valence-electron chi connectivity index (χ2n) is 6.09. The molecule has 0 saturated heterocycles. The van der Waals surface area contributed by atoms with Crippen molar-refractivity contribution in [2.24, 2.45) is 0 Å². The largest absolute Gasteiger partial charge is 0.321 e. The molecule has 30 heavy (non-hydrogen) atoms. The maximum Gasteiger partial charge on any atom is 0.272 e. The Balaban J connectivity index is 1.83. The third-order valence-corrected chi connectivity index (χ3v) is 4.78. The molecule has 0 fully saturated rings. The van der Waals surface area contributed by atoms with Crippen LogP contribution in [0.15, 0.2) is 89.7 Å². The first kappa shape index (κ1) is 20.8. The highest BCUT2D eigenvalue weighted by atomic mass is 32.2. The van der Waals surface area contributed by atoms with Gasteiger partial charge in [-0.1, -0.05) is 30.3 Å². The second kappa shape index (κ2) is 10.6. The zero-order valence-electron chi connectivity index (χ0n) is 15.9. The van der Waals surface area contributed by atoms with Crippen molar-refractivity contribution in [3.63, 3.8) is 0 Å². The van der Waals surface area contributed by atoms with E-state index in [1.54, 1.807) is 73.1 Å². The van der Waals surface area contributed by atoms with Crippen molar-refractivity contribution in [2.45, 2.75) is 4.90 Å². The molecule has 0 saturated carbocycles. The van der Waals surface area contributed by atoms with Crippen molar-refractivity contribution in [3.8, 4) is 6.07 Å². The average molecular weight is 414 g/mol. The van der Waals surface area contributed by atoms with Crippen LogP contribution in [0.1, 0.15) is 15.9 Å². The standard InChI is InChI=1S/C23H18N4O2S/c24-11-13-30-20-10-4-9-19(15-20)26-23(29)21(14-17-6-5-12-25-16-17)27-22(28)18-7-2-1-3-8-18/h1-10,12,14-16H,13H2,(H,26,29)(H,27,28)/b21-14+. The summed E-state index contributed by atoms with van der Waals surface area (Å²) in [6.45, 7) is 0. The predicted octanol–water partition coefficient (Wildman–Crippen LogP) is 4.11. The van der Waals surface area contributed by atoms with Gasteiger partial charge in [-0.25, -0.2) is 0 Å². The van der Waals surface area contributed by atoms with Gasteiger partial charge in [-0.05, 0) is 48.0 Å². The van der Waals surface area contributed by atoms with Gasteiger partial charge in [0.05, 0.1) is 11.8 Å². The first-order valence-electron chi connectivity index (χ1n) is 9.05. The van der Waals surface area contributed by atoms with Gasteiger partial charge in [0.1, 0.15) is 5.70 Å². The lowest BCUT2D eigenvalue weighted by Gasteiger charge is -2.12. The van der Waals surface area contributed by atoms with Crippen LogP contribution in [0.2, 0.25) is 0 Å². The number of aromatic nitrogens is 1. The fourth-order valence-electron chi connectivity index (χ4n) is 2.55. The summed E-state index contributed by atoms with van der Waals surface area (Å²) in [7, 11) is 0. The zero-order chi connectivity index (χ0) is 21.2. The smallest absolute Gasteiger partial charge is 0.272 e. The Kier molecular flexibility index (Phi) is 7.36. The number of amides is 2. The number of carbonyl (C=O) groups excluding carboxylic acids is 2. The van der Waals surface area contributed by atoms with E-state index < -0.39 is 5.91 Å². The number of benzene rings is 2. The Morgan fingerprint density at radius 3 is 2.63 bits per heavy atom. The molecule has 2 amide bonds. The summed E-state index contributed by atoms with van der Waals surface area (Å²) in [5.41, 5.74) is 1.77. The summed E-state index contributed by atoms with van der Waals surface area (Å²) in [6.07, 6.45) is 4.79. The highest BCUT2D eigenvalue weighted by Gasteiger charge is 2.15. The van der Waals surface area contributed by atoms with Gasteiger partial charge in [0.15, 0.2) is 0 Å². The number of carbonyl (C=O) groups is 2. The Morgan fingerprint density at radius 2 is 1.90 bits per heavy atom. The second-order valence-corrected chi connectivity index (χ2v) is 7.14. The van der Waals surface area contributed by atoms with Crippen LogP contribution in [-0.2, 0) is 4.79 Å². The molecule has 0 unspecified atom stereocenters. The molecule has 2 aromatic carbocycles. The minimum absolute atomic E-state index is 0.0898. The Bertz CT molecular complexity index is 1090. The number of thioether (sulfide) groups is 1. The first-order valence-corrected chi connectivity index (χ1v) is 10.0. The zero-order valence-corrected chi connectivity index (χ0v) is 16.7. The van der Waals surface area contributed by atoms with E-state index >= 15 is 0 Å². The minimum atomic E-state index is -0.467. The third kappa shape index (κ3) is 6.06. The lowest BCUT2D eigenvalue weighted by Crippen LogP contribution is -2.30. The molecule has 0 bridgehead atoms. The van der Waals surface area contributed by atoms with E-state index in [0.717, 1.165) is 4.90 Å². The Morgan fingerprint density at radius 1 is 1.07 bits per heavy atom. The third-order valence-electron chi connectivity index (χ3n) is 3.92. The lowest BCUT2D eigenvalue weighted by atomic mass is 10.2. The summed E-state index contributed by atoms with van der Waals surface area (Å²) in [6, 6.07) is 21.4. The number of hydrogen-bond acceptors (Lipinski definition) is 5. The van der Waals surface area contributed by atoms with Crippen molar-refractivity contribution >= 4 is 35.3 Å². The molecule has 0 aliphatic rings. The van der Waals surface area contributed by atoms with E-state index in [0.29, 0.717) is 22.6 Å². The highest BCUT2D eigenvalue weighted by Crippen LogP contribution is 2.21. The van der Waals surface area contributed by atoms with Crippen molar-refractivity contribution in [1.82, 2.24) is 10.3 Å². The van der Waals surface area contributed by atoms with Crippen LogP contribution in [-0.4, -0.2) is 22.6 Å². The van der Waals surface area contributed by atoms with Gasteiger partial charge in [-0.15, -0.1) is 11.8 Å². The molecule has 3 rings (SSSR count). The molecule has 0 radical (unpaired) electrons. The van der Waals surface area contributed by atoms with Gasteiger partial charge in [0, 0.05) is 28.5 Å². The monoisotopic (exact) mass is 414 g/mol. The molecule has 6 nitrogen and oxygen atoms in total. The SMILES string of the molecule is N#CCSc1cccc(NC(=O)/C(=C\c2cccnc2)NC(=O)c2ccccc2)c1. The van der Waals surface area contributed by atoms with E-state index in [9.17, 15) is 9.59 Å². The predicted molar refractivity (Wildman–Crippen MR) is 118 cm³/mol. The number of nitrogens with one attached hydrogen (secondary N) is 2. The molecule has 0 aliphatic heterocycles. The van der Waals surface area contributed by atoms with E-state index in [1.165, 1.54) is 11.8 Å². The molecule has 0 aliphatic carbocycles. The maximum atomic E-state index is 12.9. The van der Waals surface area contributed by atoms with Gasteiger partial charge in [0.25, 0.3) is 11.8 Å². The number of nitriles is 1. The Hall–Kier alpha value is -3.89. The van der Waals surface area contributed by atoms with E-state index in [-0.39, 0.29) is 11.6 Å². The van der Waals surface area contributed by atoms with Crippen LogP contribution in [0, 0.1) is 11.3 Å². The summed E-state index contributed by atoms with van der Waals surface area (Å²) >= 11 is 1.38. The van der Waals surface area contributed by atoms with Gasteiger partial charge in [-0.3, -0.25) is 14.6 Å². The molecule has 0 atom stereocenters. The first-order chi connectivity index (χ1) is 14.7. The van der Waals surface area contributed by atoms with Crippen molar-refractivity contribution in [3.05, 3.63) is 95.9 Å². The average Bonchev–Trinajstić information content (AvgIpc) is 2.78. The van der Waals surface area contributed by atoms with Crippen molar-refractivity contribution in [1.29, 1.82) is 5.26 Å². The van der Waals surface area contributed by atoms with Gasteiger partial charge < -0.3 is 10.6 Å². The van der Waals surface area contributed by atoms with Crippen LogP contribution >= 0.6 is 11.8 Å². The molecule has 1 aromatic heterocycles. The van der Waals surface area contributed by atoms with Crippen molar-refractivity contribution < 1.29 is 9.59 Å². The summed E-state index contributed by atoms with van der Waals surface area (Å²) in [5, 5.41) is 14.2. The number of anilines is 1. The molecule has 148 valence electrons. The van der Waals surface area contributed by atoms with Gasteiger partial charge in [0.2, 0.25) is 0 Å². The van der Waals surface area contributed by atoms with E-state index in [1.807, 2.05) is 12.1 Å². The van der Waals surface area contributed by atoms with Crippen LogP contribution in [0.4, 0.5) is 5.69 Å². The number of rotatable bonds is 7. The van der Waals surface area contributed by atoms with Crippen molar-refractivity contribution in [2.75, 3.05) is 11.1 Å². The fourth-order valence-corrected chi connectivity index (χ4v) is 3.16. The quantitative estimate of drug-likeness (QED) is 0.448. The summed E-state index contributed by atoms with van der Waals surface area (Å²) < 4.78 is 0. The Labute approximate surface area is 178 Å². The number of hydrogen-bond donors (Lipinski definition) is 2. The maximum absolute atomic E-state index is 12.9. The van der Waals surface area contributed by atoms with Gasteiger partial charge in [-0.2, -0.15) is 5.26 Å². The highest BCUT2D eigenvalue weighted by molar-refractivity contribution is 7.99.